The van der Waals surface area contributed by atoms with E-state index < -0.39 is 0 Å². The lowest BCUT2D eigenvalue weighted by molar-refractivity contribution is 0.379. The molecule has 0 fully saturated rings. The SMILES string of the molecule is Cc1nc(NN)c(C)c(NCCc2ncno2)n1. The Morgan fingerprint density at radius 1 is 1.28 bits per heavy atom. The smallest absolute Gasteiger partial charge is 0.228 e. The maximum Gasteiger partial charge on any atom is 0.228 e. The third kappa shape index (κ3) is 2.72. The van der Waals surface area contributed by atoms with E-state index in [9.17, 15) is 0 Å². The Kier molecular flexibility index (Phi) is 3.68. The van der Waals surface area contributed by atoms with Crippen LogP contribution < -0.4 is 16.6 Å². The highest BCUT2D eigenvalue weighted by atomic mass is 16.5. The molecule has 18 heavy (non-hydrogen) atoms. The summed E-state index contributed by atoms with van der Waals surface area (Å²) in [6.07, 6.45) is 2.01. The molecule has 0 spiro atoms. The minimum atomic E-state index is 0.586. The van der Waals surface area contributed by atoms with Gasteiger partial charge in [-0.15, -0.1) is 0 Å². The van der Waals surface area contributed by atoms with Gasteiger partial charge in [0.05, 0.1) is 0 Å². The molecule has 96 valence electrons. The molecule has 0 radical (unpaired) electrons. The fraction of sp³-hybridized carbons (Fsp3) is 0.400. The van der Waals surface area contributed by atoms with Gasteiger partial charge in [-0.1, -0.05) is 5.16 Å². The molecule has 0 aliphatic heterocycles. The van der Waals surface area contributed by atoms with Crippen molar-refractivity contribution in [3.05, 3.63) is 23.6 Å². The number of rotatable bonds is 5. The number of nitrogens with one attached hydrogen (secondary N) is 2. The fourth-order valence-corrected chi connectivity index (χ4v) is 1.54. The van der Waals surface area contributed by atoms with E-state index in [1.807, 2.05) is 13.8 Å². The molecule has 0 amide bonds. The number of anilines is 2. The Balaban J connectivity index is 2.02. The van der Waals surface area contributed by atoms with Crippen LogP contribution in [0.2, 0.25) is 0 Å². The van der Waals surface area contributed by atoms with Gasteiger partial charge < -0.3 is 15.3 Å². The fourth-order valence-electron chi connectivity index (χ4n) is 1.54. The van der Waals surface area contributed by atoms with E-state index in [0.717, 1.165) is 11.4 Å². The first-order valence-electron chi connectivity index (χ1n) is 5.52. The number of nitrogen functional groups attached to an aromatic ring is 1. The Bertz CT molecular complexity index is 511. The van der Waals surface area contributed by atoms with Gasteiger partial charge in [0.1, 0.15) is 17.5 Å². The standard InChI is InChI=1S/C10H15N7O/c1-6-9(15-7(2)16-10(6)17-11)12-4-3-8-13-5-14-18-8/h5H,3-4,11H2,1-2H3,(H2,12,15,16,17). The van der Waals surface area contributed by atoms with Crippen LogP contribution in [0.25, 0.3) is 0 Å². The molecule has 4 N–H and O–H groups in total. The zero-order valence-corrected chi connectivity index (χ0v) is 10.3. The number of hydrogen-bond acceptors (Lipinski definition) is 8. The molecule has 0 atom stereocenters. The number of hydrogen-bond donors (Lipinski definition) is 3. The summed E-state index contributed by atoms with van der Waals surface area (Å²) in [7, 11) is 0. The maximum absolute atomic E-state index is 5.39. The first-order valence-corrected chi connectivity index (χ1v) is 5.52. The van der Waals surface area contributed by atoms with Crippen molar-refractivity contribution in [2.45, 2.75) is 20.3 Å². The van der Waals surface area contributed by atoms with E-state index in [0.29, 0.717) is 30.5 Å². The summed E-state index contributed by atoms with van der Waals surface area (Å²) in [5.41, 5.74) is 3.42. The number of aryl methyl sites for hydroxylation is 1. The minimum Gasteiger partial charge on any atom is -0.369 e. The highest BCUT2D eigenvalue weighted by Crippen LogP contribution is 2.18. The monoisotopic (exact) mass is 249 g/mol. The van der Waals surface area contributed by atoms with Crippen LogP contribution in [0.1, 0.15) is 17.3 Å². The molecule has 8 nitrogen and oxygen atoms in total. The van der Waals surface area contributed by atoms with Crippen LogP contribution in [0.4, 0.5) is 11.6 Å². The third-order valence-electron chi connectivity index (χ3n) is 2.43. The predicted octanol–water partition coefficient (Wildman–Crippen LogP) is 0.417. The topological polar surface area (TPSA) is 115 Å². The van der Waals surface area contributed by atoms with Crippen molar-refractivity contribution >= 4 is 11.6 Å². The molecule has 0 saturated heterocycles. The molecular formula is C10H15N7O. The highest BCUT2D eigenvalue weighted by molar-refractivity contribution is 5.56. The normalized spacial score (nSPS) is 10.4. The lowest BCUT2D eigenvalue weighted by Crippen LogP contribution is -2.15. The quantitative estimate of drug-likeness (QED) is 0.515. The van der Waals surface area contributed by atoms with Crippen molar-refractivity contribution in [3.63, 3.8) is 0 Å². The first kappa shape index (κ1) is 12.2. The minimum absolute atomic E-state index is 0.586. The van der Waals surface area contributed by atoms with E-state index in [1.165, 1.54) is 6.33 Å². The predicted molar refractivity (Wildman–Crippen MR) is 65.8 cm³/mol. The van der Waals surface area contributed by atoms with Crippen LogP contribution in [-0.2, 0) is 6.42 Å². The van der Waals surface area contributed by atoms with Crippen LogP contribution in [-0.4, -0.2) is 26.7 Å². The summed E-state index contributed by atoms with van der Waals surface area (Å²) >= 11 is 0. The maximum atomic E-state index is 5.39. The van der Waals surface area contributed by atoms with Gasteiger partial charge in [0.15, 0.2) is 6.33 Å². The number of hydrazine groups is 1. The Labute approximate surface area is 104 Å². The highest BCUT2D eigenvalue weighted by Gasteiger charge is 2.08. The van der Waals surface area contributed by atoms with Gasteiger partial charge >= 0.3 is 0 Å². The van der Waals surface area contributed by atoms with Crippen molar-refractivity contribution in [3.8, 4) is 0 Å². The average molecular weight is 249 g/mol. The molecule has 2 heterocycles. The molecule has 0 aromatic carbocycles. The summed E-state index contributed by atoms with van der Waals surface area (Å²) in [4.78, 5) is 12.4. The number of nitrogens with two attached hydrogens (primary N) is 1. The second-order valence-electron chi connectivity index (χ2n) is 3.75. The zero-order chi connectivity index (χ0) is 13.0. The summed E-state index contributed by atoms with van der Waals surface area (Å²) in [5.74, 6) is 7.99. The van der Waals surface area contributed by atoms with Gasteiger partial charge in [0.2, 0.25) is 5.89 Å². The van der Waals surface area contributed by atoms with Crippen molar-refractivity contribution in [2.24, 2.45) is 5.84 Å². The molecule has 2 rings (SSSR count). The third-order valence-corrected chi connectivity index (χ3v) is 2.43. The summed E-state index contributed by atoms with van der Waals surface area (Å²) < 4.78 is 4.90. The van der Waals surface area contributed by atoms with Crippen LogP contribution in [0.5, 0.6) is 0 Å². The second-order valence-corrected chi connectivity index (χ2v) is 3.75. The average Bonchev–Trinajstić information content (AvgIpc) is 2.86. The van der Waals surface area contributed by atoms with Gasteiger partial charge in [-0.25, -0.2) is 15.8 Å². The van der Waals surface area contributed by atoms with Gasteiger partial charge in [0, 0.05) is 18.5 Å². The molecule has 0 aliphatic rings. The van der Waals surface area contributed by atoms with Crippen molar-refractivity contribution < 1.29 is 4.52 Å². The van der Waals surface area contributed by atoms with Crippen LogP contribution in [0, 0.1) is 13.8 Å². The van der Waals surface area contributed by atoms with E-state index in [2.05, 4.69) is 30.9 Å². The van der Waals surface area contributed by atoms with E-state index in [1.54, 1.807) is 0 Å². The van der Waals surface area contributed by atoms with Gasteiger partial charge in [-0.2, -0.15) is 4.98 Å². The van der Waals surface area contributed by atoms with E-state index in [4.69, 9.17) is 10.4 Å². The van der Waals surface area contributed by atoms with Crippen LogP contribution >= 0.6 is 0 Å². The Morgan fingerprint density at radius 3 is 2.72 bits per heavy atom. The number of nitrogens with zero attached hydrogens (tertiary/aromatic N) is 4. The molecule has 2 aromatic heterocycles. The van der Waals surface area contributed by atoms with Crippen LogP contribution in [0.15, 0.2) is 10.9 Å². The van der Waals surface area contributed by atoms with E-state index >= 15 is 0 Å². The Morgan fingerprint density at radius 2 is 2.06 bits per heavy atom. The zero-order valence-electron chi connectivity index (χ0n) is 10.3. The lowest BCUT2D eigenvalue weighted by Gasteiger charge is -2.11. The molecular weight excluding hydrogens is 234 g/mol. The summed E-state index contributed by atoms with van der Waals surface area (Å²) in [6, 6.07) is 0. The Hall–Kier alpha value is -2.22. The molecule has 0 bridgehead atoms. The largest absolute Gasteiger partial charge is 0.369 e. The molecule has 0 unspecified atom stereocenters. The van der Waals surface area contributed by atoms with Gasteiger partial charge in [-0.3, -0.25) is 0 Å². The van der Waals surface area contributed by atoms with Crippen molar-refractivity contribution in [2.75, 3.05) is 17.3 Å². The summed E-state index contributed by atoms with van der Waals surface area (Å²) in [6.45, 7) is 4.34. The molecule has 2 aromatic rings. The molecule has 8 heteroatoms. The van der Waals surface area contributed by atoms with Gasteiger partial charge in [-0.05, 0) is 13.8 Å². The number of aromatic nitrogens is 4. The molecule has 0 aliphatic carbocycles. The van der Waals surface area contributed by atoms with Crippen molar-refractivity contribution in [1.29, 1.82) is 0 Å². The second kappa shape index (κ2) is 5.41. The van der Waals surface area contributed by atoms with E-state index in [-0.39, 0.29) is 0 Å². The van der Waals surface area contributed by atoms with Crippen LogP contribution in [0.3, 0.4) is 0 Å². The first-order chi connectivity index (χ1) is 8.70. The van der Waals surface area contributed by atoms with Crippen molar-refractivity contribution in [1.82, 2.24) is 20.1 Å². The summed E-state index contributed by atoms with van der Waals surface area (Å²) in [5, 5.41) is 6.73. The molecule has 0 saturated carbocycles. The lowest BCUT2D eigenvalue weighted by atomic mass is 10.3. The van der Waals surface area contributed by atoms with Gasteiger partial charge in [0.25, 0.3) is 0 Å².